The van der Waals surface area contributed by atoms with E-state index in [-0.39, 0.29) is 18.2 Å². The van der Waals surface area contributed by atoms with Gasteiger partial charge in [-0.1, -0.05) is 6.92 Å². The molecule has 0 aliphatic carbocycles. The number of carbonyl (C=O) groups excluding carboxylic acids is 1. The topological polar surface area (TPSA) is 70.8 Å². The van der Waals surface area contributed by atoms with Gasteiger partial charge in [-0.15, -0.1) is 0 Å². The summed E-state index contributed by atoms with van der Waals surface area (Å²) in [6, 6.07) is 0.607. The number of nitrogens with two attached hydrogens (primary N) is 1. The van der Waals surface area contributed by atoms with Crippen molar-refractivity contribution in [1.29, 1.82) is 0 Å². The second kappa shape index (κ2) is 8.13. The van der Waals surface area contributed by atoms with Crippen LogP contribution in [0.2, 0.25) is 0 Å². The summed E-state index contributed by atoms with van der Waals surface area (Å²) in [5.74, 6) is 0. The van der Waals surface area contributed by atoms with Crippen LogP contribution in [0.5, 0.6) is 0 Å². The number of carbonyl (C=O) groups is 1. The SMILES string of the molecule is CCN1CCN(C(CN)C(C)NC(=O)OC(C)(C)C)CC1C. The third-order valence-corrected chi connectivity index (χ3v) is 4.23. The number of hydrogen-bond acceptors (Lipinski definition) is 5. The van der Waals surface area contributed by atoms with E-state index in [0.29, 0.717) is 12.6 Å². The molecule has 0 saturated carbocycles. The first kappa shape index (κ1) is 19.2. The van der Waals surface area contributed by atoms with Crippen LogP contribution in [0.25, 0.3) is 0 Å². The Balaban J connectivity index is 2.58. The average Bonchev–Trinajstić information content (AvgIpc) is 2.37. The van der Waals surface area contributed by atoms with Crippen LogP contribution in [-0.4, -0.2) is 72.3 Å². The molecule has 0 aromatic heterocycles. The van der Waals surface area contributed by atoms with Crippen LogP contribution in [0.4, 0.5) is 4.79 Å². The molecule has 3 atom stereocenters. The number of likely N-dealkylation sites (N-methyl/N-ethyl adjacent to an activating group) is 1. The second-order valence-electron chi connectivity index (χ2n) is 7.21. The van der Waals surface area contributed by atoms with Crippen molar-refractivity contribution >= 4 is 6.09 Å². The van der Waals surface area contributed by atoms with Crippen molar-refractivity contribution in [3.05, 3.63) is 0 Å². The number of amides is 1. The van der Waals surface area contributed by atoms with E-state index >= 15 is 0 Å². The Labute approximate surface area is 135 Å². The molecule has 1 aliphatic heterocycles. The molecule has 1 rings (SSSR count). The largest absolute Gasteiger partial charge is 0.444 e. The molecule has 3 N–H and O–H groups in total. The van der Waals surface area contributed by atoms with E-state index < -0.39 is 5.60 Å². The quantitative estimate of drug-likeness (QED) is 0.799. The van der Waals surface area contributed by atoms with Crippen LogP contribution in [-0.2, 0) is 4.74 Å². The highest BCUT2D eigenvalue weighted by Gasteiger charge is 2.31. The van der Waals surface area contributed by atoms with Crippen LogP contribution in [0.1, 0.15) is 41.5 Å². The third kappa shape index (κ3) is 5.74. The molecule has 6 nitrogen and oxygen atoms in total. The molecular formula is C16H34N4O2. The third-order valence-electron chi connectivity index (χ3n) is 4.23. The molecule has 3 unspecified atom stereocenters. The van der Waals surface area contributed by atoms with Crippen molar-refractivity contribution in [3.8, 4) is 0 Å². The predicted molar refractivity (Wildman–Crippen MR) is 90.0 cm³/mol. The molecule has 1 amide bonds. The standard InChI is InChI=1S/C16H34N4O2/c1-7-19-8-9-20(11-12(19)2)14(10-17)13(3)18-15(21)22-16(4,5)6/h12-14H,7-11,17H2,1-6H3,(H,18,21). The molecule has 0 aromatic rings. The second-order valence-corrected chi connectivity index (χ2v) is 7.21. The summed E-state index contributed by atoms with van der Waals surface area (Å²) < 4.78 is 5.33. The number of rotatable bonds is 5. The van der Waals surface area contributed by atoms with Crippen molar-refractivity contribution in [2.24, 2.45) is 5.73 Å². The van der Waals surface area contributed by atoms with Crippen LogP contribution < -0.4 is 11.1 Å². The van der Waals surface area contributed by atoms with Gasteiger partial charge in [0.1, 0.15) is 5.60 Å². The molecule has 22 heavy (non-hydrogen) atoms. The molecule has 1 saturated heterocycles. The van der Waals surface area contributed by atoms with Gasteiger partial charge in [0.15, 0.2) is 0 Å². The Morgan fingerprint density at radius 3 is 2.50 bits per heavy atom. The zero-order chi connectivity index (χ0) is 16.9. The first-order valence-corrected chi connectivity index (χ1v) is 8.35. The van der Waals surface area contributed by atoms with Crippen LogP contribution >= 0.6 is 0 Å². The fourth-order valence-corrected chi connectivity index (χ4v) is 3.05. The number of hydrogen-bond donors (Lipinski definition) is 2. The minimum absolute atomic E-state index is 0.0415. The fourth-order valence-electron chi connectivity index (χ4n) is 3.05. The highest BCUT2D eigenvalue weighted by molar-refractivity contribution is 5.68. The summed E-state index contributed by atoms with van der Waals surface area (Å²) in [5, 5.41) is 2.93. The monoisotopic (exact) mass is 314 g/mol. The number of piperazine rings is 1. The molecule has 1 aliphatic rings. The van der Waals surface area contributed by atoms with E-state index in [2.05, 4.69) is 29.0 Å². The van der Waals surface area contributed by atoms with Crippen LogP contribution in [0, 0.1) is 0 Å². The first-order valence-electron chi connectivity index (χ1n) is 8.35. The molecule has 0 radical (unpaired) electrons. The van der Waals surface area contributed by atoms with E-state index in [4.69, 9.17) is 10.5 Å². The lowest BCUT2D eigenvalue weighted by Crippen LogP contribution is -2.61. The summed E-state index contributed by atoms with van der Waals surface area (Å²) in [6.45, 7) is 16.6. The molecule has 130 valence electrons. The van der Waals surface area contributed by atoms with Gasteiger partial charge in [0, 0.05) is 44.3 Å². The van der Waals surface area contributed by atoms with Gasteiger partial charge in [0.05, 0.1) is 0 Å². The highest BCUT2D eigenvalue weighted by atomic mass is 16.6. The van der Waals surface area contributed by atoms with Crippen molar-refractivity contribution in [1.82, 2.24) is 15.1 Å². The Morgan fingerprint density at radius 1 is 1.41 bits per heavy atom. The number of nitrogens with zero attached hydrogens (tertiary/aromatic N) is 2. The Hall–Kier alpha value is -0.850. The van der Waals surface area contributed by atoms with Crippen LogP contribution in [0.3, 0.4) is 0 Å². The predicted octanol–water partition coefficient (Wildman–Crippen LogP) is 1.25. The van der Waals surface area contributed by atoms with Gasteiger partial charge in [-0.05, 0) is 41.2 Å². The zero-order valence-corrected chi connectivity index (χ0v) is 15.1. The average molecular weight is 314 g/mol. The van der Waals surface area contributed by atoms with Crippen LogP contribution in [0.15, 0.2) is 0 Å². The molecular weight excluding hydrogens is 280 g/mol. The van der Waals surface area contributed by atoms with E-state index in [1.54, 1.807) is 0 Å². The summed E-state index contributed by atoms with van der Waals surface area (Å²) >= 11 is 0. The molecule has 0 spiro atoms. The molecule has 1 fully saturated rings. The van der Waals surface area contributed by atoms with Crippen molar-refractivity contribution in [2.75, 3.05) is 32.7 Å². The summed E-state index contributed by atoms with van der Waals surface area (Å²) in [5.41, 5.74) is 5.49. The van der Waals surface area contributed by atoms with Gasteiger partial charge in [-0.2, -0.15) is 0 Å². The summed E-state index contributed by atoms with van der Waals surface area (Å²) in [4.78, 5) is 16.8. The minimum Gasteiger partial charge on any atom is -0.444 e. The summed E-state index contributed by atoms with van der Waals surface area (Å²) in [7, 11) is 0. The van der Waals surface area contributed by atoms with E-state index in [9.17, 15) is 4.79 Å². The van der Waals surface area contributed by atoms with E-state index in [1.807, 2.05) is 27.7 Å². The molecule has 1 heterocycles. The minimum atomic E-state index is -0.483. The maximum Gasteiger partial charge on any atom is 0.407 e. The van der Waals surface area contributed by atoms with E-state index in [1.165, 1.54) is 0 Å². The Bertz CT molecular complexity index is 357. The fraction of sp³-hybridized carbons (Fsp3) is 0.938. The summed E-state index contributed by atoms with van der Waals surface area (Å²) in [6.07, 6.45) is -0.376. The van der Waals surface area contributed by atoms with Gasteiger partial charge < -0.3 is 15.8 Å². The molecule has 0 bridgehead atoms. The van der Waals surface area contributed by atoms with Gasteiger partial charge in [0.2, 0.25) is 0 Å². The lowest BCUT2D eigenvalue weighted by atomic mass is 10.1. The van der Waals surface area contributed by atoms with Gasteiger partial charge >= 0.3 is 6.09 Å². The lowest BCUT2D eigenvalue weighted by molar-refractivity contribution is 0.0351. The molecule has 0 aromatic carbocycles. The smallest absolute Gasteiger partial charge is 0.407 e. The Kier molecular flexibility index (Phi) is 7.09. The number of nitrogens with one attached hydrogen (secondary N) is 1. The van der Waals surface area contributed by atoms with Crippen molar-refractivity contribution < 1.29 is 9.53 Å². The van der Waals surface area contributed by atoms with Gasteiger partial charge in [-0.25, -0.2) is 4.79 Å². The lowest BCUT2D eigenvalue weighted by Gasteiger charge is -2.44. The van der Waals surface area contributed by atoms with E-state index in [0.717, 1.165) is 26.2 Å². The van der Waals surface area contributed by atoms with Crippen molar-refractivity contribution in [2.45, 2.75) is 65.3 Å². The normalized spacial score (nSPS) is 23.9. The zero-order valence-electron chi connectivity index (χ0n) is 15.1. The van der Waals surface area contributed by atoms with Gasteiger partial charge in [0.25, 0.3) is 0 Å². The van der Waals surface area contributed by atoms with Gasteiger partial charge in [-0.3, -0.25) is 9.80 Å². The molecule has 6 heteroatoms. The highest BCUT2D eigenvalue weighted by Crippen LogP contribution is 2.14. The maximum absolute atomic E-state index is 11.9. The maximum atomic E-state index is 11.9. The Morgan fingerprint density at radius 2 is 2.05 bits per heavy atom. The first-order chi connectivity index (χ1) is 10.2. The number of ether oxygens (including phenoxy) is 1. The number of alkyl carbamates (subject to hydrolysis) is 1. The van der Waals surface area contributed by atoms with Crippen molar-refractivity contribution in [3.63, 3.8) is 0 Å².